The van der Waals surface area contributed by atoms with E-state index in [1.807, 2.05) is 0 Å². The standard InChI is InChI=1S/C15H11FN2O4S/c16-9-3-1-8(2-4-9)13(20)18-15(23)17-10-5-6-12(19)11(7-10)14(21)22/h1-7,19H,(H,21,22)(H2,17,18,20,23). The van der Waals surface area contributed by atoms with Gasteiger partial charge in [-0.2, -0.15) is 0 Å². The highest BCUT2D eigenvalue weighted by atomic mass is 32.1. The van der Waals surface area contributed by atoms with Gasteiger partial charge in [-0.25, -0.2) is 9.18 Å². The largest absolute Gasteiger partial charge is 0.507 e. The second-order valence-electron chi connectivity index (χ2n) is 4.45. The van der Waals surface area contributed by atoms with Crippen LogP contribution in [0.5, 0.6) is 5.75 Å². The number of rotatable bonds is 3. The number of halogens is 1. The summed E-state index contributed by atoms with van der Waals surface area (Å²) in [6.07, 6.45) is 0. The summed E-state index contributed by atoms with van der Waals surface area (Å²) in [6, 6.07) is 8.66. The molecule has 0 saturated heterocycles. The van der Waals surface area contributed by atoms with Gasteiger partial charge in [0.2, 0.25) is 0 Å². The molecule has 0 unspecified atom stereocenters. The number of aromatic hydroxyl groups is 1. The van der Waals surface area contributed by atoms with E-state index in [0.717, 1.165) is 12.1 Å². The number of hydrogen-bond donors (Lipinski definition) is 4. The Bertz CT molecular complexity index is 778. The van der Waals surface area contributed by atoms with Gasteiger partial charge in [-0.1, -0.05) is 0 Å². The summed E-state index contributed by atoms with van der Waals surface area (Å²) in [5, 5.41) is 23.3. The Labute approximate surface area is 135 Å². The van der Waals surface area contributed by atoms with Crippen molar-refractivity contribution in [2.24, 2.45) is 0 Å². The van der Waals surface area contributed by atoms with Crippen LogP contribution < -0.4 is 10.6 Å². The van der Waals surface area contributed by atoms with Crippen LogP contribution in [0.2, 0.25) is 0 Å². The predicted molar refractivity (Wildman–Crippen MR) is 85.2 cm³/mol. The van der Waals surface area contributed by atoms with E-state index in [-0.39, 0.29) is 27.7 Å². The van der Waals surface area contributed by atoms with E-state index >= 15 is 0 Å². The molecule has 2 aromatic carbocycles. The van der Waals surface area contributed by atoms with Crippen molar-refractivity contribution in [3.05, 3.63) is 59.4 Å². The number of anilines is 1. The van der Waals surface area contributed by atoms with Crippen LogP contribution in [0.3, 0.4) is 0 Å². The van der Waals surface area contributed by atoms with Crippen molar-refractivity contribution >= 4 is 34.9 Å². The van der Waals surface area contributed by atoms with Crippen LogP contribution >= 0.6 is 12.2 Å². The highest BCUT2D eigenvalue weighted by molar-refractivity contribution is 7.80. The van der Waals surface area contributed by atoms with E-state index < -0.39 is 17.7 Å². The number of thiocarbonyl (C=S) groups is 1. The van der Waals surface area contributed by atoms with E-state index in [4.69, 9.17) is 17.3 Å². The fourth-order valence-electron chi connectivity index (χ4n) is 1.72. The first kappa shape index (κ1) is 16.4. The maximum absolute atomic E-state index is 12.8. The molecule has 0 saturated carbocycles. The molecule has 0 fully saturated rings. The van der Waals surface area contributed by atoms with Gasteiger partial charge >= 0.3 is 5.97 Å². The van der Waals surface area contributed by atoms with E-state index in [1.54, 1.807) is 0 Å². The zero-order valence-electron chi connectivity index (χ0n) is 11.5. The maximum atomic E-state index is 12.8. The van der Waals surface area contributed by atoms with Gasteiger partial charge < -0.3 is 15.5 Å². The second kappa shape index (κ2) is 6.84. The van der Waals surface area contributed by atoms with E-state index in [1.165, 1.54) is 30.3 Å². The average molecular weight is 334 g/mol. The number of carbonyl (C=O) groups is 2. The maximum Gasteiger partial charge on any atom is 0.339 e. The van der Waals surface area contributed by atoms with Crippen LogP contribution in [0.4, 0.5) is 10.1 Å². The Morgan fingerprint density at radius 1 is 1.09 bits per heavy atom. The molecule has 1 amide bonds. The number of amides is 1. The van der Waals surface area contributed by atoms with Crippen LogP contribution in [-0.4, -0.2) is 27.2 Å². The van der Waals surface area contributed by atoms with Crippen LogP contribution in [0.1, 0.15) is 20.7 Å². The van der Waals surface area contributed by atoms with E-state index in [9.17, 15) is 19.1 Å². The quantitative estimate of drug-likeness (QED) is 0.508. The molecule has 0 heterocycles. The van der Waals surface area contributed by atoms with Crippen molar-refractivity contribution in [2.75, 3.05) is 5.32 Å². The Hall–Kier alpha value is -3.00. The van der Waals surface area contributed by atoms with Crippen LogP contribution in [0.25, 0.3) is 0 Å². The fourth-order valence-corrected chi connectivity index (χ4v) is 1.93. The summed E-state index contributed by atoms with van der Waals surface area (Å²) in [6.45, 7) is 0. The molecule has 0 aliphatic heterocycles. The highest BCUT2D eigenvalue weighted by Gasteiger charge is 2.12. The number of hydrogen-bond acceptors (Lipinski definition) is 4. The molecule has 23 heavy (non-hydrogen) atoms. The lowest BCUT2D eigenvalue weighted by Gasteiger charge is -2.10. The normalized spacial score (nSPS) is 9.96. The first-order valence-electron chi connectivity index (χ1n) is 6.31. The Morgan fingerprint density at radius 3 is 2.35 bits per heavy atom. The van der Waals surface area contributed by atoms with Crippen molar-refractivity contribution < 1.29 is 24.2 Å². The third kappa shape index (κ3) is 4.24. The molecule has 0 atom stereocenters. The number of carboxylic acid groups (broad SMARTS) is 1. The molecule has 8 heteroatoms. The summed E-state index contributed by atoms with van der Waals surface area (Å²) in [7, 11) is 0. The van der Waals surface area contributed by atoms with Crippen LogP contribution in [0, 0.1) is 5.82 Å². The lowest BCUT2D eigenvalue weighted by molar-refractivity contribution is 0.0693. The minimum atomic E-state index is -1.30. The first-order valence-corrected chi connectivity index (χ1v) is 6.72. The lowest BCUT2D eigenvalue weighted by Crippen LogP contribution is -2.34. The summed E-state index contributed by atoms with van der Waals surface area (Å²) >= 11 is 4.95. The summed E-state index contributed by atoms with van der Waals surface area (Å²) in [5.74, 6) is -2.69. The molecule has 0 bridgehead atoms. The molecule has 0 aromatic heterocycles. The van der Waals surface area contributed by atoms with Crippen molar-refractivity contribution in [2.45, 2.75) is 0 Å². The van der Waals surface area contributed by atoms with Gasteiger partial charge in [-0.15, -0.1) is 0 Å². The molecule has 4 N–H and O–H groups in total. The van der Waals surface area contributed by atoms with E-state index in [0.29, 0.717) is 0 Å². The molecular weight excluding hydrogens is 323 g/mol. The van der Waals surface area contributed by atoms with Gasteiger partial charge in [-0.3, -0.25) is 10.1 Å². The summed E-state index contributed by atoms with van der Waals surface area (Å²) in [5.41, 5.74) is 0.194. The third-order valence-electron chi connectivity index (χ3n) is 2.82. The number of carbonyl (C=O) groups excluding carboxylic acids is 1. The first-order chi connectivity index (χ1) is 10.9. The van der Waals surface area contributed by atoms with Crippen molar-refractivity contribution in [1.82, 2.24) is 5.32 Å². The number of nitrogens with one attached hydrogen (secondary N) is 2. The van der Waals surface area contributed by atoms with Crippen molar-refractivity contribution in [3.8, 4) is 5.75 Å². The molecule has 6 nitrogen and oxygen atoms in total. The lowest BCUT2D eigenvalue weighted by atomic mass is 10.2. The molecule has 0 radical (unpaired) electrons. The SMILES string of the molecule is O=C(NC(=S)Nc1ccc(O)c(C(=O)O)c1)c1ccc(F)cc1. The topological polar surface area (TPSA) is 98.7 Å². The Kier molecular flexibility index (Phi) is 4.87. The Morgan fingerprint density at radius 2 is 1.74 bits per heavy atom. The van der Waals surface area contributed by atoms with Gasteiger partial charge in [0.15, 0.2) is 5.11 Å². The third-order valence-corrected chi connectivity index (χ3v) is 3.02. The van der Waals surface area contributed by atoms with Gasteiger partial charge in [0, 0.05) is 11.3 Å². The summed E-state index contributed by atoms with van der Waals surface area (Å²) < 4.78 is 12.8. The molecule has 0 spiro atoms. The molecule has 0 aliphatic carbocycles. The van der Waals surface area contributed by atoms with E-state index in [2.05, 4.69) is 10.6 Å². The Balaban J connectivity index is 2.05. The minimum absolute atomic E-state index is 0.0682. The average Bonchev–Trinajstić information content (AvgIpc) is 2.49. The molecule has 118 valence electrons. The monoisotopic (exact) mass is 334 g/mol. The fraction of sp³-hybridized carbons (Fsp3) is 0. The van der Waals surface area contributed by atoms with Crippen LogP contribution in [0.15, 0.2) is 42.5 Å². The van der Waals surface area contributed by atoms with Gasteiger partial charge in [0.25, 0.3) is 5.91 Å². The van der Waals surface area contributed by atoms with Crippen molar-refractivity contribution in [3.63, 3.8) is 0 Å². The number of carboxylic acids is 1. The molecule has 2 rings (SSSR count). The van der Waals surface area contributed by atoms with Gasteiger partial charge in [0.1, 0.15) is 17.1 Å². The smallest absolute Gasteiger partial charge is 0.339 e. The summed E-state index contributed by atoms with van der Waals surface area (Å²) in [4.78, 5) is 22.8. The highest BCUT2D eigenvalue weighted by Crippen LogP contribution is 2.21. The zero-order valence-corrected chi connectivity index (χ0v) is 12.4. The minimum Gasteiger partial charge on any atom is -0.507 e. The second-order valence-corrected chi connectivity index (χ2v) is 4.86. The predicted octanol–water partition coefficient (Wildman–Crippen LogP) is 2.36. The van der Waals surface area contributed by atoms with Crippen LogP contribution in [-0.2, 0) is 0 Å². The van der Waals surface area contributed by atoms with Gasteiger partial charge in [-0.05, 0) is 54.7 Å². The molecule has 2 aromatic rings. The number of aromatic carboxylic acids is 1. The zero-order chi connectivity index (χ0) is 17.0. The van der Waals surface area contributed by atoms with Gasteiger partial charge in [0.05, 0.1) is 0 Å². The van der Waals surface area contributed by atoms with Crippen molar-refractivity contribution in [1.29, 1.82) is 0 Å². The number of benzene rings is 2. The molecule has 0 aliphatic rings. The number of phenols is 1. The molecular formula is C15H11FN2O4S.